The minimum atomic E-state index is -0.0523. The van der Waals surface area contributed by atoms with Crippen molar-refractivity contribution in [2.75, 3.05) is 5.75 Å². The van der Waals surface area contributed by atoms with E-state index in [1.54, 1.807) is 33.8 Å². The molecule has 160 valence electrons. The summed E-state index contributed by atoms with van der Waals surface area (Å²) in [5.41, 5.74) is 1.13. The molecule has 0 saturated carbocycles. The maximum absolute atomic E-state index is 12.9. The second-order valence-electron chi connectivity index (χ2n) is 7.45. The van der Waals surface area contributed by atoms with Crippen molar-refractivity contribution in [2.24, 2.45) is 0 Å². The van der Waals surface area contributed by atoms with Gasteiger partial charge in [-0.05, 0) is 48.4 Å². The number of aryl methyl sites for hydroxylation is 2. The lowest BCUT2D eigenvalue weighted by Crippen LogP contribution is -2.31. The number of thiophene rings is 2. The number of nitrogens with one attached hydrogen (secondary N) is 1. The maximum atomic E-state index is 12.9. The van der Waals surface area contributed by atoms with E-state index in [9.17, 15) is 9.59 Å². The molecule has 31 heavy (non-hydrogen) atoms. The van der Waals surface area contributed by atoms with E-state index in [2.05, 4.69) is 9.97 Å². The molecular weight excluding hydrogens is 450 g/mol. The maximum Gasteiger partial charge on any atom is 0.259 e. The van der Waals surface area contributed by atoms with Crippen LogP contribution >= 0.6 is 34.4 Å². The van der Waals surface area contributed by atoms with Crippen molar-refractivity contribution in [2.45, 2.75) is 38.1 Å². The van der Waals surface area contributed by atoms with E-state index in [1.807, 2.05) is 29.6 Å². The Morgan fingerprint density at radius 2 is 2.19 bits per heavy atom. The first-order valence-electron chi connectivity index (χ1n) is 10.1. The predicted molar refractivity (Wildman–Crippen MR) is 126 cm³/mol. The van der Waals surface area contributed by atoms with Gasteiger partial charge in [-0.1, -0.05) is 6.07 Å². The number of aromatic amines is 1. The van der Waals surface area contributed by atoms with E-state index < -0.39 is 0 Å². The summed E-state index contributed by atoms with van der Waals surface area (Å²) in [4.78, 5) is 38.2. The second-order valence-corrected chi connectivity index (χ2v) is 10.6. The average Bonchev–Trinajstić information content (AvgIpc) is 3.52. The summed E-state index contributed by atoms with van der Waals surface area (Å²) < 4.78 is 5.44. The number of amides is 1. The van der Waals surface area contributed by atoms with Crippen LogP contribution in [0.3, 0.4) is 0 Å². The van der Waals surface area contributed by atoms with Crippen molar-refractivity contribution in [1.29, 1.82) is 0 Å². The number of carbonyl (C=O) groups is 1. The fraction of sp³-hybridized carbons (Fsp3) is 0.318. The molecular formula is C22H21N3O3S3. The van der Waals surface area contributed by atoms with Crippen molar-refractivity contribution >= 4 is 50.6 Å². The number of rotatable bonds is 8. The molecule has 0 unspecified atom stereocenters. The number of nitrogens with zero attached hydrogens (tertiary/aromatic N) is 2. The first-order valence-corrected chi connectivity index (χ1v) is 13.0. The highest BCUT2D eigenvalue weighted by Gasteiger charge is 2.21. The summed E-state index contributed by atoms with van der Waals surface area (Å²) in [6, 6.07) is 7.73. The summed E-state index contributed by atoms with van der Waals surface area (Å²) in [5.74, 6) is 2.23. The fourth-order valence-corrected chi connectivity index (χ4v) is 6.64. The van der Waals surface area contributed by atoms with Gasteiger partial charge in [0.05, 0.1) is 36.2 Å². The van der Waals surface area contributed by atoms with Crippen LogP contribution in [0.15, 0.2) is 45.1 Å². The van der Waals surface area contributed by atoms with E-state index in [4.69, 9.17) is 4.42 Å². The number of hydrogen-bond donors (Lipinski definition) is 1. The highest BCUT2D eigenvalue weighted by atomic mass is 32.2. The van der Waals surface area contributed by atoms with Crippen LogP contribution in [0, 0.1) is 0 Å². The third-order valence-electron chi connectivity index (χ3n) is 5.29. The number of fused-ring (bicyclic) bond motifs is 3. The number of aromatic nitrogens is 2. The number of thioether (sulfide) groups is 1. The van der Waals surface area contributed by atoms with E-state index in [1.165, 1.54) is 22.2 Å². The Balaban J connectivity index is 1.25. The van der Waals surface area contributed by atoms with E-state index in [-0.39, 0.29) is 11.5 Å². The predicted octanol–water partition coefficient (Wildman–Crippen LogP) is 4.59. The topological polar surface area (TPSA) is 79.2 Å². The van der Waals surface area contributed by atoms with Gasteiger partial charge in [0, 0.05) is 9.75 Å². The third kappa shape index (κ3) is 4.49. The van der Waals surface area contributed by atoms with Crippen LogP contribution in [-0.2, 0) is 36.5 Å². The molecule has 0 fully saturated rings. The Bertz CT molecular complexity index is 1210. The Morgan fingerprint density at radius 1 is 1.26 bits per heavy atom. The van der Waals surface area contributed by atoms with E-state index in [0.29, 0.717) is 30.4 Å². The van der Waals surface area contributed by atoms with E-state index in [0.717, 1.165) is 40.1 Å². The summed E-state index contributed by atoms with van der Waals surface area (Å²) in [7, 11) is 0. The zero-order chi connectivity index (χ0) is 21.2. The van der Waals surface area contributed by atoms with Crippen LogP contribution in [0.1, 0.15) is 33.3 Å². The lowest BCUT2D eigenvalue weighted by Gasteiger charge is -2.21. The molecule has 1 aliphatic rings. The molecule has 0 atom stereocenters. The molecule has 0 bridgehead atoms. The second kappa shape index (κ2) is 9.02. The van der Waals surface area contributed by atoms with E-state index >= 15 is 0 Å². The van der Waals surface area contributed by atoms with Gasteiger partial charge in [0.15, 0.2) is 0 Å². The summed E-state index contributed by atoms with van der Waals surface area (Å²) in [6.45, 7) is 0.992. The van der Waals surface area contributed by atoms with Gasteiger partial charge in [0.2, 0.25) is 5.91 Å². The molecule has 1 N–H and O–H groups in total. The lowest BCUT2D eigenvalue weighted by molar-refractivity contribution is -0.129. The molecule has 0 spiro atoms. The molecule has 4 aromatic heterocycles. The number of H-pyrrole nitrogens is 1. The number of hydrogen-bond acceptors (Lipinski definition) is 7. The van der Waals surface area contributed by atoms with Gasteiger partial charge in [-0.15, -0.1) is 34.4 Å². The van der Waals surface area contributed by atoms with Crippen LogP contribution in [0.5, 0.6) is 0 Å². The van der Waals surface area contributed by atoms with Gasteiger partial charge >= 0.3 is 0 Å². The minimum Gasteiger partial charge on any atom is -0.467 e. The molecule has 9 heteroatoms. The molecule has 1 amide bonds. The number of furan rings is 1. The monoisotopic (exact) mass is 471 g/mol. The standard InChI is InChI=1S/C22H21N3O3S3/c26-19(25(10-14-4-2-8-28-14)11-15-5-3-9-30-15)13-29-12-18-23-21(27)20-16-6-1-7-17(16)31-22(20)24-18/h2-5,8-9H,1,6-7,10-13H2,(H,23,24,27). The van der Waals surface area contributed by atoms with Gasteiger partial charge in [-0.3, -0.25) is 9.59 Å². The lowest BCUT2D eigenvalue weighted by atomic mass is 10.2. The molecule has 0 radical (unpaired) electrons. The average molecular weight is 472 g/mol. The zero-order valence-corrected chi connectivity index (χ0v) is 19.2. The van der Waals surface area contributed by atoms with Crippen molar-refractivity contribution in [1.82, 2.24) is 14.9 Å². The third-order valence-corrected chi connectivity index (χ3v) is 8.27. The van der Waals surface area contributed by atoms with Crippen LogP contribution in [0.25, 0.3) is 10.2 Å². The molecule has 5 rings (SSSR count). The zero-order valence-electron chi connectivity index (χ0n) is 16.8. The fourth-order valence-electron chi connectivity index (χ4n) is 3.86. The summed E-state index contributed by atoms with van der Waals surface area (Å²) in [6.07, 6.45) is 4.76. The highest BCUT2D eigenvalue weighted by Crippen LogP contribution is 2.34. The van der Waals surface area contributed by atoms with Gasteiger partial charge in [-0.25, -0.2) is 4.98 Å². The Labute approximate surface area is 191 Å². The molecule has 6 nitrogen and oxygen atoms in total. The molecule has 1 aliphatic carbocycles. The van der Waals surface area contributed by atoms with Crippen LogP contribution in [0.2, 0.25) is 0 Å². The Morgan fingerprint density at radius 3 is 3.00 bits per heavy atom. The van der Waals surface area contributed by atoms with Gasteiger partial charge in [-0.2, -0.15) is 0 Å². The van der Waals surface area contributed by atoms with Crippen molar-refractivity contribution in [3.63, 3.8) is 0 Å². The summed E-state index contributed by atoms with van der Waals surface area (Å²) in [5, 5.41) is 2.78. The Kier molecular flexibility index (Phi) is 5.97. The van der Waals surface area contributed by atoms with Gasteiger partial charge in [0.25, 0.3) is 5.56 Å². The SMILES string of the molecule is O=C(CSCc1nc2sc3c(c2c(=O)[nH]1)CCC3)N(Cc1ccco1)Cc1cccs1. The summed E-state index contributed by atoms with van der Waals surface area (Å²) >= 11 is 4.74. The smallest absolute Gasteiger partial charge is 0.259 e. The van der Waals surface area contributed by atoms with Gasteiger partial charge in [0.1, 0.15) is 16.4 Å². The molecule has 4 aromatic rings. The normalized spacial score (nSPS) is 13.0. The Hall–Kier alpha value is -2.36. The molecule has 0 aliphatic heterocycles. The minimum absolute atomic E-state index is 0.0355. The highest BCUT2D eigenvalue weighted by molar-refractivity contribution is 7.99. The molecule has 0 aromatic carbocycles. The number of carbonyl (C=O) groups excluding carboxylic acids is 1. The van der Waals surface area contributed by atoms with Crippen molar-refractivity contribution < 1.29 is 9.21 Å². The molecule has 0 saturated heterocycles. The van der Waals surface area contributed by atoms with Crippen molar-refractivity contribution in [3.05, 3.63) is 73.2 Å². The molecule has 4 heterocycles. The first kappa shape index (κ1) is 20.5. The van der Waals surface area contributed by atoms with Crippen LogP contribution < -0.4 is 5.56 Å². The quantitative estimate of drug-likeness (QED) is 0.407. The van der Waals surface area contributed by atoms with Crippen molar-refractivity contribution in [3.8, 4) is 0 Å². The van der Waals surface area contributed by atoms with Gasteiger partial charge < -0.3 is 14.3 Å². The van der Waals surface area contributed by atoms with Crippen LogP contribution in [0.4, 0.5) is 0 Å². The van der Waals surface area contributed by atoms with Crippen LogP contribution in [-0.4, -0.2) is 26.5 Å². The first-order chi connectivity index (χ1) is 15.2. The largest absolute Gasteiger partial charge is 0.467 e.